The molecule has 0 atom stereocenters. The first kappa shape index (κ1) is 19.1. The normalized spacial score (nSPS) is 14.4. The fraction of sp³-hybridized carbons (Fsp3) is 0.316. The van der Waals surface area contributed by atoms with Crippen LogP contribution in [0.25, 0.3) is 10.2 Å². The highest BCUT2D eigenvalue weighted by atomic mass is 32.1. The number of aromatic nitrogens is 3. The van der Waals surface area contributed by atoms with Crippen LogP contribution in [0.15, 0.2) is 35.5 Å². The Morgan fingerprint density at radius 2 is 1.93 bits per heavy atom. The molecule has 4 heterocycles. The SMILES string of the molecule is Cc1c(C(=O)O)sc2ncn(CC(=O)N3CCN(c4ccccn4)CC3)c(=O)c12. The summed E-state index contributed by atoms with van der Waals surface area (Å²) in [7, 11) is 0. The van der Waals surface area contributed by atoms with Gasteiger partial charge in [-0.15, -0.1) is 11.3 Å². The van der Waals surface area contributed by atoms with E-state index in [0.717, 1.165) is 17.2 Å². The monoisotopic (exact) mass is 413 g/mol. The zero-order chi connectivity index (χ0) is 20.5. The van der Waals surface area contributed by atoms with Gasteiger partial charge in [0.15, 0.2) is 0 Å². The van der Waals surface area contributed by atoms with Crippen molar-refractivity contribution in [3.63, 3.8) is 0 Å². The summed E-state index contributed by atoms with van der Waals surface area (Å²) in [4.78, 5) is 49.6. The number of hydrogen-bond acceptors (Lipinski definition) is 7. The average Bonchev–Trinajstić information content (AvgIpc) is 3.08. The third-order valence-electron chi connectivity index (χ3n) is 5.02. The predicted octanol–water partition coefficient (Wildman–Crippen LogP) is 1.21. The number of pyridine rings is 1. The van der Waals surface area contributed by atoms with Crippen LogP contribution in [0.3, 0.4) is 0 Å². The lowest BCUT2D eigenvalue weighted by Crippen LogP contribution is -2.50. The molecule has 1 amide bonds. The van der Waals surface area contributed by atoms with Gasteiger partial charge in [0, 0.05) is 32.4 Å². The van der Waals surface area contributed by atoms with Gasteiger partial charge in [0.25, 0.3) is 5.56 Å². The van der Waals surface area contributed by atoms with Crippen molar-refractivity contribution in [2.45, 2.75) is 13.5 Å². The molecule has 0 bridgehead atoms. The van der Waals surface area contributed by atoms with E-state index >= 15 is 0 Å². The van der Waals surface area contributed by atoms with Crippen LogP contribution >= 0.6 is 11.3 Å². The molecule has 3 aromatic heterocycles. The van der Waals surface area contributed by atoms with Gasteiger partial charge in [-0.3, -0.25) is 14.2 Å². The first-order chi connectivity index (χ1) is 14.0. The molecule has 1 saturated heterocycles. The number of amides is 1. The number of piperazine rings is 1. The van der Waals surface area contributed by atoms with Gasteiger partial charge in [0.2, 0.25) is 5.91 Å². The minimum Gasteiger partial charge on any atom is -0.477 e. The molecule has 0 aromatic carbocycles. The highest BCUT2D eigenvalue weighted by Crippen LogP contribution is 2.26. The number of thiophene rings is 1. The van der Waals surface area contributed by atoms with Gasteiger partial charge in [-0.1, -0.05) is 6.07 Å². The number of rotatable bonds is 4. The van der Waals surface area contributed by atoms with Crippen LogP contribution in [0.5, 0.6) is 0 Å². The quantitative estimate of drug-likeness (QED) is 0.685. The smallest absolute Gasteiger partial charge is 0.346 e. The van der Waals surface area contributed by atoms with E-state index in [1.54, 1.807) is 18.0 Å². The second-order valence-electron chi connectivity index (χ2n) is 6.77. The Morgan fingerprint density at radius 1 is 1.17 bits per heavy atom. The molecular formula is C19H19N5O4S. The van der Waals surface area contributed by atoms with Gasteiger partial charge in [0.05, 0.1) is 11.7 Å². The fourth-order valence-corrected chi connectivity index (χ4v) is 4.43. The second kappa shape index (κ2) is 7.63. The van der Waals surface area contributed by atoms with E-state index in [2.05, 4.69) is 14.9 Å². The van der Waals surface area contributed by atoms with E-state index in [0.29, 0.717) is 36.6 Å². The molecule has 4 rings (SSSR count). The summed E-state index contributed by atoms with van der Waals surface area (Å²) in [6, 6.07) is 5.73. The van der Waals surface area contributed by atoms with Crippen molar-refractivity contribution in [3.8, 4) is 0 Å². The molecule has 0 spiro atoms. The van der Waals surface area contributed by atoms with Crippen molar-refractivity contribution in [2.75, 3.05) is 31.1 Å². The van der Waals surface area contributed by atoms with E-state index in [1.165, 1.54) is 10.9 Å². The Kier molecular flexibility index (Phi) is 5.01. The van der Waals surface area contributed by atoms with E-state index in [-0.39, 0.29) is 22.7 Å². The second-order valence-corrected chi connectivity index (χ2v) is 7.77. The molecule has 0 unspecified atom stereocenters. The number of anilines is 1. The zero-order valence-electron chi connectivity index (χ0n) is 15.7. The van der Waals surface area contributed by atoms with Crippen LogP contribution in [0.4, 0.5) is 5.82 Å². The standard InChI is InChI=1S/C19H19N5O4S/c1-12-15-17(29-16(12)19(27)28)21-11-24(18(15)26)10-14(25)23-8-6-22(7-9-23)13-4-2-3-5-20-13/h2-5,11H,6-10H2,1H3,(H,27,28). The zero-order valence-corrected chi connectivity index (χ0v) is 16.6. The molecule has 1 aliphatic heterocycles. The molecular weight excluding hydrogens is 394 g/mol. The Bertz CT molecular complexity index is 1130. The molecule has 1 aliphatic rings. The number of aryl methyl sites for hydroxylation is 1. The van der Waals surface area contributed by atoms with E-state index in [1.807, 2.05) is 18.2 Å². The van der Waals surface area contributed by atoms with Gasteiger partial charge in [-0.2, -0.15) is 0 Å². The minimum atomic E-state index is -1.08. The molecule has 0 saturated carbocycles. The van der Waals surface area contributed by atoms with Crippen LogP contribution in [0.1, 0.15) is 15.2 Å². The number of carbonyl (C=O) groups is 2. The van der Waals surface area contributed by atoms with E-state index in [9.17, 15) is 19.5 Å². The summed E-state index contributed by atoms with van der Waals surface area (Å²) in [6.07, 6.45) is 3.05. The van der Waals surface area contributed by atoms with Crippen molar-refractivity contribution in [1.29, 1.82) is 0 Å². The van der Waals surface area contributed by atoms with Crippen molar-refractivity contribution in [3.05, 3.63) is 51.5 Å². The molecule has 1 fully saturated rings. The number of hydrogen-bond donors (Lipinski definition) is 1. The summed E-state index contributed by atoms with van der Waals surface area (Å²) < 4.78 is 1.25. The van der Waals surface area contributed by atoms with Gasteiger partial charge in [-0.05, 0) is 24.6 Å². The van der Waals surface area contributed by atoms with Gasteiger partial charge < -0.3 is 14.9 Å². The molecule has 10 heteroatoms. The lowest BCUT2D eigenvalue weighted by molar-refractivity contribution is -0.132. The fourth-order valence-electron chi connectivity index (χ4n) is 3.45. The Hall–Kier alpha value is -3.27. The third kappa shape index (κ3) is 3.58. The summed E-state index contributed by atoms with van der Waals surface area (Å²) in [6.45, 7) is 3.89. The van der Waals surface area contributed by atoms with Crippen molar-refractivity contribution in [2.24, 2.45) is 0 Å². The number of fused-ring (bicyclic) bond motifs is 1. The van der Waals surface area contributed by atoms with Crippen LogP contribution in [-0.4, -0.2) is 62.6 Å². The largest absolute Gasteiger partial charge is 0.477 e. The van der Waals surface area contributed by atoms with Crippen molar-refractivity contribution >= 4 is 39.2 Å². The molecule has 0 aliphatic carbocycles. The number of carboxylic acid groups (broad SMARTS) is 1. The van der Waals surface area contributed by atoms with Crippen LogP contribution in [0, 0.1) is 6.92 Å². The first-order valence-electron chi connectivity index (χ1n) is 9.11. The molecule has 29 heavy (non-hydrogen) atoms. The number of carbonyl (C=O) groups excluding carboxylic acids is 1. The molecule has 1 N–H and O–H groups in total. The summed E-state index contributed by atoms with van der Waals surface area (Å²) in [5.41, 5.74) is -0.00232. The number of carboxylic acids is 1. The minimum absolute atomic E-state index is 0.0966. The maximum Gasteiger partial charge on any atom is 0.346 e. The number of aromatic carboxylic acids is 1. The maximum absolute atomic E-state index is 12.8. The lowest BCUT2D eigenvalue weighted by Gasteiger charge is -2.35. The Morgan fingerprint density at radius 3 is 2.59 bits per heavy atom. The lowest BCUT2D eigenvalue weighted by atomic mass is 10.2. The number of nitrogens with zero attached hydrogens (tertiary/aromatic N) is 5. The average molecular weight is 413 g/mol. The Balaban J connectivity index is 1.48. The van der Waals surface area contributed by atoms with Crippen molar-refractivity contribution in [1.82, 2.24) is 19.4 Å². The molecule has 150 valence electrons. The topological polar surface area (TPSA) is 109 Å². The summed E-state index contributed by atoms with van der Waals surface area (Å²) in [5, 5.41) is 9.52. The summed E-state index contributed by atoms with van der Waals surface area (Å²) >= 11 is 0.969. The van der Waals surface area contributed by atoms with Crippen LogP contribution in [-0.2, 0) is 11.3 Å². The maximum atomic E-state index is 12.8. The summed E-state index contributed by atoms with van der Waals surface area (Å²) in [5.74, 6) is -0.369. The molecule has 3 aromatic rings. The van der Waals surface area contributed by atoms with Crippen molar-refractivity contribution < 1.29 is 14.7 Å². The highest BCUT2D eigenvalue weighted by molar-refractivity contribution is 7.20. The third-order valence-corrected chi connectivity index (χ3v) is 6.21. The predicted molar refractivity (Wildman–Crippen MR) is 109 cm³/mol. The van der Waals surface area contributed by atoms with Gasteiger partial charge in [0.1, 0.15) is 22.1 Å². The highest BCUT2D eigenvalue weighted by Gasteiger charge is 2.23. The van der Waals surface area contributed by atoms with E-state index in [4.69, 9.17) is 0 Å². The first-order valence-corrected chi connectivity index (χ1v) is 9.93. The van der Waals surface area contributed by atoms with Gasteiger partial charge in [-0.25, -0.2) is 14.8 Å². The van der Waals surface area contributed by atoms with Gasteiger partial charge >= 0.3 is 5.97 Å². The molecule has 9 nitrogen and oxygen atoms in total. The molecule has 0 radical (unpaired) electrons. The van der Waals surface area contributed by atoms with E-state index < -0.39 is 11.5 Å². The Labute approximate surface area is 169 Å². The van der Waals surface area contributed by atoms with Crippen LogP contribution in [0.2, 0.25) is 0 Å². The van der Waals surface area contributed by atoms with Crippen LogP contribution < -0.4 is 10.5 Å².